The predicted molar refractivity (Wildman–Crippen MR) is 117 cm³/mol. The third-order valence-corrected chi connectivity index (χ3v) is 7.82. The van der Waals surface area contributed by atoms with Gasteiger partial charge in [0, 0.05) is 11.8 Å². The van der Waals surface area contributed by atoms with Crippen LogP contribution in [0.1, 0.15) is 34.1 Å². The van der Waals surface area contributed by atoms with Crippen molar-refractivity contribution < 1.29 is 14.3 Å². The van der Waals surface area contributed by atoms with Crippen LogP contribution in [0.5, 0.6) is 5.75 Å². The number of amides is 2. The van der Waals surface area contributed by atoms with Gasteiger partial charge in [0.2, 0.25) is 5.91 Å². The summed E-state index contributed by atoms with van der Waals surface area (Å²) in [7, 11) is 1.59. The average molecular weight is 421 g/mol. The third-order valence-electron chi connectivity index (χ3n) is 7.82. The molecule has 3 aromatic carbocycles. The fourth-order valence-corrected chi connectivity index (χ4v) is 6.62. The fourth-order valence-electron chi connectivity index (χ4n) is 6.62. The number of ether oxygens (including phenoxy) is 1. The normalized spacial score (nSPS) is 30.7. The quantitative estimate of drug-likeness (QED) is 0.586. The molecule has 6 heteroatoms. The van der Waals surface area contributed by atoms with Gasteiger partial charge in [-0.25, -0.2) is 4.90 Å². The summed E-state index contributed by atoms with van der Waals surface area (Å²) in [4.78, 5) is 29.8. The number of methoxy groups -OCH3 is 1. The SMILES string of the molecule is COc1ccc(N2C(=O)C34CN=NC3(C2=O)C2c3ccccc3C4c3ccccc32)cc1. The summed E-state index contributed by atoms with van der Waals surface area (Å²) in [6.07, 6.45) is 0. The molecule has 2 aliphatic heterocycles. The maximum Gasteiger partial charge on any atom is 0.265 e. The molecule has 8 rings (SSSR count). The Hall–Kier alpha value is -3.80. The molecule has 0 saturated carbocycles. The molecule has 6 nitrogen and oxygen atoms in total. The number of nitrogens with zero attached hydrogens (tertiary/aromatic N) is 3. The van der Waals surface area contributed by atoms with E-state index in [2.05, 4.69) is 34.5 Å². The molecule has 1 saturated heterocycles. The van der Waals surface area contributed by atoms with Gasteiger partial charge in [-0.05, 0) is 46.5 Å². The maximum absolute atomic E-state index is 14.3. The molecule has 3 aromatic rings. The highest BCUT2D eigenvalue weighted by atomic mass is 16.5. The number of carbonyl (C=O) groups excluding carboxylic acids is 2. The second kappa shape index (κ2) is 5.71. The summed E-state index contributed by atoms with van der Waals surface area (Å²) in [5, 5.41) is 9.05. The number of azo groups is 1. The van der Waals surface area contributed by atoms with Crippen molar-refractivity contribution in [2.45, 2.75) is 17.4 Å². The van der Waals surface area contributed by atoms with Gasteiger partial charge in [-0.1, -0.05) is 48.5 Å². The third kappa shape index (κ3) is 1.69. The minimum Gasteiger partial charge on any atom is -0.497 e. The average Bonchev–Trinajstić information content (AvgIpc) is 3.34. The van der Waals surface area contributed by atoms with Crippen molar-refractivity contribution in [2.24, 2.45) is 15.6 Å². The summed E-state index contributed by atoms with van der Waals surface area (Å²) >= 11 is 0. The van der Waals surface area contributed by atoms with E-state index >= 15 is 0 Å². The van der Waals surface area contributed by atoms with Crippen LogP contribution in [0, 0.1) is 5.41 Å². The van der Waals surface area contributed by atoms with Crippen molar-refractivity contribution in [1.82, 2.24) is 0 Å². The Morgan fingerprint density at radius 3 is 1.94 bits per heavy atom. The topological polar surface area (TPSA) is 71.3 Å². The molecular weight excluding hydrogens is 402 g/mol. The van der Waals surface area contributed by atoms with Crippen molar-refractivity contribution in [2.75, 3.05) is 18.6 Å². The molecule has 156 valence electrons. The molecule has 2 unspecified atom stereocenters. The minimum absolute atomic E-state index is 0.211. The van der Waals surface area contributed by atoms with E-state index in [1.54, 1.807) is 31.4 Å². The van der Waals surface area contributed by atoms with Gasteiger partial charge in [0.1, 0.15) is 11.2 Å². The first-order chi connectivity index (χ1) is 15.6. The number of hydrogen-bond acceptors (Lipinski definition) is 5. The molecule has 0 radical (unpaired) electrons. The van der Waals surface area contributed by atoms with Crippen LogP contribution in [0.2, 0.25) is 0 Å². The lowest BCUT2D eigenvalue weighted by Gasteiger charge is -2.54. The van der Waals surface area contributed by atoms with Crippen LogP contribution in [-0.2, 0) is 9.59 Å². The smallest absolute Gasteiger partial charge is 0.265 e. The first kappa shape index (κ1) is 17.8. The Balaban J connectivity index is 1.53. The predicted octanol–water partition coefficient (Wildman–Crippen LogP) is 4.05. The van der Waals surface area contributed by atoms with E-state index in [-0.39, 0.29) is 30.2 Å². The summed E-state index contributed by atoms with van der Waals surface area (Å²) < 4.78 is 5.26. The largest absolute Gasteiger partial charge is 0.497 e. The van der Waals surface area contributed by atoms with Gasteiger partial charge in [0.25, 0.3) is 5.91 Å². The van der Waals surface area contributed by atoms with Gasteiger partial charge >= 0.3 is 0 Å². The Morgan fingerprint density at radius 1 is 0.812 bits per heavy atom. The lowest BCUT2D eigenvalue weighted by molar-refractivity contribution is -0.129. The van der Waals surface area contributed by atoms with Crippen molar-refractivity contribution in [3.63, 3.8) is 0 Å². The molecule has 2 amide bonds. The molecule has 0 N–H and O–H groups in total. The van der Waals surface area contributed by atoms with E-state index in [1.165, 1.54) is 4.90 Å². The molecule has 0 spiro atoms. The molecule has 2 bridgehead atoms. The Bertz CT molecular complexity index is 1320. The number of hydrogen-bond donors (Lipinski definition) is 0. The van der Waals surface area contributed by atoms with Crippen molar-refractivity contribution >= 4 is 17.5 Å². The second-order valence-corrected chi connectivity index (χ2v) is 8.90. The van der Waals surface area contributed by atoms with Crippen molar-refractivity contribution in [3.05, 3.63) is 95.1 Å². The van der Waals surface area contributed by atoms with Gasteiger partial charge in [0.05, 0.1) is 19.3 Å². The van der Waals surface area contributed by atoms with E-state index in [9.17, 15) is 9.59 Å². The number of carbonyl (C=O) groups is 2. The van der Waals surface area contributed by atoms with Crippen LogP contribution in [0.25, 0.3) is 0 Å². The number of benzene rings is 3. The van der Waals surface area contributed by atoms with E-state index in [0.29, 0.717) is 11.4 Å². The van der Waals surface area contributed by atoms with Gasteiger partial charge < -0.3 is 4.74 Å². The lowest BCUT2D eigenvalue weighted by atomic mass is 9.45. The molecule has 2 atom stereocenters. The zero-order valence-electron chi connectivity index (χ0n) is 17.4. The lowest BCUT2D eigenvalue weighted by Crippen LogP contribution is -2.61. The van der Waals surface area contributed by atoms with Gasteiger partial charge in [-0.3, -0.25) is 9.59 Å². The van der Waals surface area contributed by atoms with Crippen LogP contribution < -0.4 is 9.64 Å². The molecule has 5 aliphatic rings. The zero-order valence-corrected chi connectivity index (χ0v) is 17.4. The summed E-state index contributed by atoms with van der Waals surface area (Å²) in [6, 6.07) is 23.4. The summed E-state index contributed by atoms with van der Waals surface area (Å²) in [5.41, 5.74) is 2.61. The van der Waals surface area contributed by atoms with Gasteiger partial charge in [-0.15, -0.1) is 0 Å². The standard InChI is InChI=1S/C26H19N3O3/c1-32-16-12-10-15(11-13-16)29-23(30)25-14-27-28-26(25,24(29)31)22-19-8-4-2-6-17(19)21(25)18-7-3-5-9-20(18)22/h2-13,21-22H,14H2,1H3. The monoisotopic (exact) mass is 421 g/mol. The highest BCUT2D eigenvalue weighted by Crippen LogP contribution is 2.72. The van der Waals surface area contributed by atoms with Crippen molar-refractivity contribution in [1.29, 1.82) is 0 Å². The summed E-state index contributed by atoms with van der Waals surface area (Å²) in [6.45, 7) is 0.216. The maximum atomic E-state index is 14.3. The highest BCUT2D eigenvalue weighted by Gasteiger charge is 2.82. The molecular formula is C26H19N3O3. The van der Waals surface area contributed by atoms with E-state index < -0.39 is 11.0 Å². The van der Waals surface area contributed by atoms with Gasteiger partial charge in [0.15, 0.2) is 5.54 Å². The van der Waals surface area contributed by atoms with E-state index in [0.717, 1.165) is 22.3 Å². The second-order valence-electron chi connectivity index (χ2n) is 8.90. The first-order valence-corrected chi connectivity index (χ1v) is 10.7. The van der Waals surface area contributed by atoms with Crippen LogP contribution in [0.3, 0.4) is 0 Å². The Labute approximate surface area is 184 Å². The Morgan fingerprint density at radius 2 is 1.38 bits per heavy atom. The number of anilines is 1. The molecule has 32 heavy (non-hydrogen) atoms. The van der Waals surface area contributed by atoms with E-state index in [1.807, 2.05) is 24.3 Å². The van der Waals surface area contributed by atoms with Crippen LogP contribution in [0.4, 0.5) is 5.69 Å². The molecule has 3 aliphatic carbocycles. The minimum atomic E-state index is -1.25. The number of imide groups is 1. The summed E-state index contributed by atoms with van der Waals surface area (Å²) in [5.74, 6) is -0.439. The fraction of sp³-hybridized carbons (Fsp3) is 0.231. The van der Waals surface area contributed by atoms with Crippen LogP contribution in [-0.4, -0.2) is 31.0 Å². The number of rotatable bonds is 2. The van der Waals surface area contributed by atoms with Crippen LogP contribution >= 0.6 is 0 Å². The molecule has 2 heterocycles. The molecule has 0 aromatic heterocycles. The highest BCUT2D eigenvalue weighted by molar-refractivity contribution is 6.29. The van der Waals surface area contributed by atoms with Crippen molar-refractivity contribution in [3.8, 4) is 5.75 Å². The Kier molecular flexibility index (Phi) is 3.18. The van der Waals surface area contributed by atoms with Gasteiger partial charge in [-0.2, -0.15) is 10.2 Å². The van der Waals surface area contributed by atoms with Crippen LogP contribution in [0.15, 0.2) is 83.0 Å². The molecule has 1 fully saturated rings. The zero-order chi connectivity index (χ0) is 21.7. The first-order valence-electron chi connectivity index (χ1n) is 10.7. The van der Waals surface area contributed by atoms with E-state index in [4.69, 9.17) is 4.74 Å².